The number of rotatable bonds is 4. The van der Waals surface area contributed by atoms with Gasteiger partial charge in [0, 0.05) is 12.6 Å². The Kier molecular flexibility index (Phi) is 3.45. The number of aromatic nitrogens is 2. The Labute approximate surface area is 135 Å². The van der Waals surface area contributed by atoms with Crippen molar-refractivity contribution >= 4 is 15.9 Å². The van der Waals surface area contributed by atoms with E-state index in [1.54, 1.807) is 0 Å². The summed E-state index contributed by atoms with van der Waals surface area (Å²) in [4.78, 5) is 0. The van der Waals surface area contributed by atoms with Crippen LogP contribution in [0.25, 0.3) is 0 Å². The number of aryl methyl sites for hydroxylation is 1. The second kappa shape index (κ2) is 5.09. The molecule has 0 spiro atoms. The average Bonchev–Trinajstić information content (AvgIpc) is 2.77. The minimum Gasteiger partial charge on any atom is -0.323 e. The van der Waals surface area contributed by atoms with Gasteiger partial charge in [-0.1, -0.05) is 0 Å². The summed E-state index contributed by atoms with van der Waals surface area (Å²) in [6.45, 7) is 3.04. The molecule has 1 heterocycles. The molecular formula is C17H26BrN3. The molecule has 0 aliphatic heterocycles. The van der Waals surface area contributed by atoms with E-state index in [1.165, 1.54) is 44.2 Å². The molecule has 5 rings (SSSR count). The summed E-state index contributed by atoms with van der Waals surface area (Å²) in [6.07, 6.45) is 11.9. The first-order valence-electron chi connectivity index (χ1n) is 8.55. The first kappa shape index (κ1) is 14.3. The van der Waals surface area contributed by atoms with Crippen molar-refractivity contribution in [3.8, 4) is 0 Å². The minimum absolute atomic E-state index is 0.123. The van der Waals surface area contributed by atoms with Gasteiger partial charge in [0.2, 0.25) is 0 Å². The van der Waals surface area contributed by atoms with Gasteiger partial charge in [-0.3, -0.25) is 4.68 Å². The van der Waals surface area contributed by atoms with Crippen molar-refractivity contribution in [2.24, 2.45) is 28.9 Å². The van der Waals surface area contributed by atoms with Crippen LogP contribution in [0, 0.1) is 23.2 Å². The van der Waals surface area contributed by atoms with Gasteiger partial charge in [-0.05, 0) is 91.0 Å². The van der Waals surface area contributed by atoms with E-state index in [4.69, 9.17) is 5.73 Å². The van der Waals surface area contributed by atoms with Crippen LogP contribution >= 0.6 is 15.9 Å². The lowest BCUT2D eigenvalue weighted by Crippen LogP contribution is -2.47. The van der Waals surface area contributed by atoms with Gasteiger partial charge in [0.05, 0.1) is 16.4 Å². The van der Waals surface area contributed by atoms with E-state index in [2.05, 4.69) is 32.6 Å². The van der Waals surface area contributed by atoms with E-state index in [-0.39, 0.29) is 6.04 Å². The van der Waals surface area contributed by atoms with Gasteiger partial charge in [-0.15, -0.1) is 0 Å². The highest BCUT2D eigenvalue weighted by Gasteiger charge is 2.51. The third-order valence-corrected chi connectivity index (χ3v) is 6.91. The maximum absolute atomic E-state index is 6.65. The van der Waals surface area contributed by atoms with E-state index in [0.717, 1.165) is 35.2 Å². The van der Waals surface area contributed by atoms with Crippen molar-refractivity contribution in [2.45, 2.75) is 64.5 Å². The van der Waals surface area contributed by atoms with Crippen molar-refractivity contribution in [3.05, 3.63) is 16.4 Å². The van der Waals surface area contributed by atoms with Gasteiger partial charge in [-0.2, -0.15) is 5.10 Å². The maximum atomic E-state index is 6.65. The molecule has 0 aromatic carbocycles. The fourth-order valence-electron chi connectivity index (χ4n) is 6.10. The van der Waals surface area contributed by atoms with Gasteiger partial charge < -0.3 is 5.73 Å². The van der Waals surface area contributed by atoms with E-state index in [1.807, 2.05) is 6.20 Å². The normalized spacial score (nSPS) is 38.9. The van der Waals surface area contributed by atoms with Crippen molar-refractivity contribution < 1.29 is 0 Å². The van der Waals surface area contributed by atoms with Gasteiger partial charge in [0.25, 0.3) is 0 Å². The van der Waals surface area contributed by atoms with Crippen LogP contribution in [-0.4, -0.2) is 9.78 Å². The van der Waals surface area contributed by atoms with E-state index >= 15 is 0 Å². The lowest BCUT2D eigenvalue weighted by molar-refractivity contribution is -0.0608. The number of hydrogen-bond acceptors (Lipinski definition) is 2. The molecule has 1 aromatic heterocycles. The highest BCUT2D eigenvalue weighted by atomic mass is 79.9. The molecule has 0 amide bonds. The standard InChI is InChI=1S/C17H26BrN3/c1-2-21-16(14(18)10-20-21)15(19)9-17-6-11-3-12(7-17)5-13(4-11)8-17/h10-13,15H,2-9,19H2,1H3. The third kappa shape index (κ3) is 2.39. The zero-order chi connectivity index (χ0) is 14.6. The third-order valence-electron chi connectivity index (χ3n) is 6.30. The summed E-state index contributed by atoms with van der Waals surface area (Å²) >= 11 is 3.65. The van der Waals surface area contributed by atoms with Crippen LogP contribution in [0.15, 0.2) is 10.7 Å². The lowest BCUT2D eigenvalue weighted by atomic mass is 9.48. The Hall–Kier alpha value is -0.350. The Morgan fingerprint density at radius 1 is 1.29 bits per heavy atom. The number of hydrogen-bond donors (Lipinski definition) is 1. The quantitative estimate of drug-likeness (QED) is 0.879. The summed E-state index contributed by atoms with van der Waals surface area (Å²) in [5.41, 5.74) is 8.39. The fraction of sp³-hybridized carbons (Fsp3) is 0.824. The smallest absolute Gasteiger partial charge is 0.0693 e. The molecule has 4 aliphatic rings. The van der Waals surface area contributed by atoms with E-state index in [9.17, 15) is 0 Å². The van der Waals surface area contributed by atoms with Crippen molar-refractivity contribution in [2.75, 3.05) is 0 Å². The summed E-state index contributed by atoms with van der Waals surface area (Å²) in [5, 5.41) is 4.44. The average molecular weight is 352 g/mol. The van der Waals surface area contributed by atoms with Crippen molar-refractivity contribution in [3.63, 3.8) is 0 Å². The van der Waals surface area contributed by atoms with Gasteiger partial charge in [0.1, 0.15) is 0 Å². The molecule has 1 aromatic rings. The zero-order valence-electron chi connectivity index (χ0n) is 12.9. The first-order chi connectivity index (χ1) is 10.1. The van der Waals surface area contributed by atoms with Gasteiger partial charge in [0.15, 0.2) is 0 Å². The van der Waals surface area contributed by atoms with Crippen LogP contribution in [-0.2, 0) is 6.54 Å². The summed E-state index contributed by atoms with van der Waals surface area (Å²) < 4.78 is 3.15. The largest absolute Gasteiger partial charge is 0.323 e. The summed E-state index contributed by atoms with van der Waals surface area (Å²) in [7, 11) is 0. The van der Waals surface area contributed by atoms with Gasteiger partial charge >= 0.3 is 0 Å². The highest BCUT2D eigenvalue weighted by molar-refractivity contribution is 9.10. The molecule has 1 atom stereocenters. The van der Waals surface area contributed by atoms with Crippen LogP contribution in [0.2, 0.25) is 0 Å². The number of nitrogens with zero attached hydrogens (tertiary/aromatic N) is 2. The van der Waals surface area contributed by atoms with E-state index in [0.29, 0.717) is 5.41 Å². The molecular weight excluding hydrogens is 326 g/mol. The first-order valence-corrected chi connectivity index (χ1v) is 9.34. The van der Waals surface area contributed by atoms with Crippen molar-refractivity contribution in [1.29, 1.82) is 0 Å². The molecule has 3 nitrogen and oxygen atoms in total. The molecule has 116 valence electrons. The Morgan fingerprint density at radius 3 is 2.38 bits per heavy atom. The predicted octanol–water partition coefficient (Wildman–Crippen LogP) is 4.27. The molecule has 4 bridgehead atoms. The summed E-state index contributed by atoms with van der Waals surface area (Å²) in [6, 6.07) is 0.123. The molecule has 4 saturated carbocycles. The van der Waals surface area contributed by atoms with Gasteiger partial charge in [-0.25, -0.2) is 0 Å². The molecule has 21 heavy (non-hydrogen) atoms. The van der Waals surface area contributed by atoms with Crippen LogP contribution in [0.1, 0.15) is 63.6 Å². The van der Waals surface area contributed by atoms with E-state index < -0.39 is 0 Å². The minimum atomic E-state index is 0.123. The molecule has 1 unspecified atom stereocenters. The topological polar surface area (TPSA) is 43.8 Å². The Bertz CT molecular complexity index is 501. The monoisotopic (exact) mass is 351 g/mol. The molecule has 0 radical (unpaired) electrons. The van der Waals surface area contributed by atoms with Crippen LogP contribution < -0.4 is 5.73 Å². The molecule has 4 fully saturated rings. The Balaban J connectivity index is 1.56. The Morgan fingerprint density at radius 2 is 1.86 bits per heavy atom. The number of nitrogens with two attached hydrogens (primary N) is 1. The SMILES string of the molecule is CCn1ncc(Br)c1C(N)CC12CC3CC(CC(C3)C1)C2. The fourth-order valence-corrected chi connectivity index (χ4v) is 6.69. The van der Waals surface area contributed by atoms with Crippen molar-refractivity contribution in [1.82, 2.24) is 9.78 Å². The molecule has 0 saturated heterocycles. The molecule has 2 N–H and O–H groups in total. The van der Waals surface area contributed by atoms with Crippen LogP contribution in [0.5, 0.6) is 0 Å². The molecule has 4 aliphatic carbocycles. The molecule has 4 heteroatoms. The van der Waals surface area contributed by atoms with Crippen LogP contribution in [0.3, 0.4) is 0 Å². The van der Waals surface area contributed by atoms with Crippen LogP contribution in [0.4, 0.5) is 0 Å². The zero-order valence-corrected chi connectivity index (χ0v) is 14.5. The predicted molar refractivity (Wildman–Crippen MR) is 87.8 cm³/mol. The second-order valence-corrected chi connectivity index (χ2v) is 8.78. The maximum Gasteiger partial charge on any atom is 0.0693 e. The summed E-state index contributed by atoms with van der Waals surface area (Å²) in [5.74, 6) is 3.01. The lowest BCUT2D eigenvalue weighted by Gasteiger charge is -2.57. The highest BCUT2D eigenvalue weighted by Crippen LogP contribution is 2.62. The second-order valence-electron chi connectivity index (χ2n) is 7.92. The number of halogens is 1.